The van der Waals surface area contributed by atoms with Crippen LogP contribution in [0.3, 0.4) is 0 Å². The molecule has 2 bridgehead atoms. The van der Waals surface area contributed by atoms with Gasteiger partial charge in [0.15, 0.2) is 10.8 Å². The minimum atomic E-state index is -3.74. The predicted octanol–water partition coefficient (Wildman–Crippen LogP) is 1.92. The summed E-state index contributed by atoms with van der Waals surface area (Å²) < 4.78 is 63.7. The molecule has 6 rings (SSSR count). The van der Waals surface area contributed by atoms with E-state index < -0.39 is 22.8 Å². The molecule has 10 nitrogen and oxygen atoms in total. The van der Waals surface area contributed by atoms with Gasteiger partial charge in [0.25, 0.3) is 10.2 Å². The number of fused-ring (bicyclic) bond motifs is 3. The third-order valence-electron chi connectivity index (χ3n) is 6.98. The molecule has 3 fully saturated rings. The molecule has 6 heterocycles. The highest BCUT2D eigenvalue weighted by Gasteiger charge is 2.44. The summed E-state index contributed by atoms with van der Waals surface area (Å²) in [6, 6.07) is 1.13. The zero-order chi connectivity index (χ0) is 24.3. The van der Waals surface area contributed by atoms with Crippen LogP contribution in [0.1, 0.15) is 37.0 Å². The number of hydrogen-bond acceptors (Lipinski definition) is 8. The Morgan fingerprint density at radius 1 is 1.29 bits per heavy atom. The van der Waals surface area contributed by atoms with Crippen LogP contribution < -0.4 is 4.72 Å². The lowest BCUT2D eigenvalue weighted by atomic mass is 10.0. The molecule has 0 spiro atoms. The number of rotatable bonds is 6. The van der Waals surface area contributed by atoms with E-state index in [9.17, 15) is 17.2 Å². The summed E-state index contributed by atoms with van der Waals surface area (Å²) in [4.78, 5) is 11.0. The third-order valence-corrected chi connectivity index (χ3v) is 9.36. The number of amidine groups is 1. The van der Waals surface area contributed by atoms with Crippen molar-refractivity contribution in [3.63, 3.8) is 0 Å². The molecule has 1 unspecified atom stereocenters. The number of alkyl halides is 2. The first kappa shape index (κ1) is 23.2. The molecule has 1 N–H and O–H groups in total. The van der Waals surface area contributed by atoms with Gasteiger partial charge in [-0.25, -0.2) is 9.67 Å². The van der Waals surface area contributed by atoms with Crippen LogP contribution in [0.25, 0.3) is 5.57 Å². The van der Waals surface area contributed by atoms with Crippen LogP contribution in [0, 0.1) is 5.92 Å². The van der Waals surface area contributed by atoms with Gasteiger partial charge in [-0.1, -0.05) is 6.92 Å². The van der Waals surface area contributed by atoms with Gasteiger partial charge < -0.3 is 9.64 Å². The van der Waals surface area contributed by atoms with Crippen molar-refractivity contribution in [1.29, 1.82) is 0 Å². The van der Waals surface area contributed by atoms with Crippen LogP contribution in [-0.2, 0) is 14.9 Å². The van der Waals surface area contributed by atoms with Gasteiger partial charge in [0, 0.05) is 61.1 Å². The number of nitrogens with one attached hydrogen (secondary N) is 1. The average Bonchev–Trinajstić information content (AvgIpc) is 3.60. The first-order chi connectivity index (χ1) is 16.8. The Labute approximate surface area is 205 Å². The predicted molar refractivity (Wildman–Crippen MR) is 125 cm³/mol. The number of thiazole rings is 1. The minimum absolute atomic E-state index is 0.0712. The molecular weight excluding hydrogens is 500 g/mol. The number of halogens is 2. The second-order valence-corrected chi connectivity index (χ2v) is 11.9. The number of hydrogen-bond donors (Lipinski definition) is 1. The fourth-order valence-corrected chi connectivity index (χ4v) is 7.42. The SMILES string of the molecule is C[C@H]1CC2CN(S(=O)(=O)N[C@H]3CC4=C(c5ccn(C(F)F)n5)CN=C(c5nccs5)N4C3)C[C@H]1O2. The first-order valence-corrected chi connectivity index (χ1v) is 13.8. The van der Waals surface area contributed by atoms with Crippen molar-refractivity contribution in [2.45, 2.75) is 44.6 Å². The molecule has 0 radical (unpaired) electrons. The van der Waals surface area contributed by atoms with Gasteiger partial charge in [-0.15, -0.1) is 11.3 Å². The van der Waals surface area contributed by atoms with Crippen molar-refractivity contribution >= 4 is 33.0 Å². The second kappa shape index (κ2) is 8.69. The molecule has 4 aliphatic heterocycles. The molecular formula is C21H25F2N7O3S2. The van der Waals surface area contributed by atoms with Gasteiger partial charge in [0.1, 0.15) is 0 Å². The van der Waals surface area contributed by atoms with E-state index in [1.54, 1.807) is 12.3 Å². The first-order valence-electron chi connectivity index (χ1n) is 11.5. The standard InChI is InChI=1S/C21H25F2N7O3S2/c1-12-6-14-10-28(11-18(12)33-14)35(31,32)27-13-7-17-15(16-2-4-30(26-16)21(22)23)8-25-19(29(17)9-13)20-24-3-5-34-20/h2-5,12-14,18,21,27H,6-11H2,1H3/t12-,13-,14?,18+/m0/s1. The Kier molecular flexibility index (Phi) is 5.75. The number of aromatic nitrogens is 3. The van der Waals surface area contributed by atoms with Crippen molar-refractivity contribution in [3.8, 4) is 0 Å². The molecule has 0 amide bonds. The van der Waals surface area contributed by atoms with E-state index in [0.717, 1.165) is 17.1 Å². The molecule has 0 aliphatic carbocycles. The highest BCUT2D eigenvalue weighted by Crippen LogP contribution is 2.36. The van der Waals surface area contributed by atoms with Crippen molar-refractivity contribution in [2.75, 3.05) is 26.2 Å². The maximum absolute atomic E-state index is 13.3. The number of morpholine rings is 1. The fourth-order valence-electron chi connectivity index (χ4n) is 5.33. The molecule has 14 heteroatoms. The molecule has 2 aromatic heterocycles. The maximum Gasteiger partial charge on any atom is 0.333 e. The van der Waals surface area contributed by atoms with Gasteiger partial charge in [-0.2, -0.15) is 31.3 Å². The summed E-state index contributed by atoms with van der Waals surface area (Å²) >= 11 is 1.44. The molecule has 2 aromatic rings. The highest BCUT2D eigenvalue weighted by atomic mass is 32.2. The van der Waals surface area contributed by atoms with E-state index >= 15 is 0 Å². The van der Waals surface area contributed by atoms with E-state index in [0.29, 0.717) is 53.8 Å². The zero-order valence-electron chi connectivity index (χ0n) is 18.9. The molecule has 4 aliphatic rings. The van der Waals surface area contributed by atoms with Crippen LogP contribution in [0.5, 0.6) is 0 Å². The third kappa shape index (κ3) is 4.20. The fraction of sp³-hybridized carbons (Fsp3) is 0.571. The Morgan fingerprint density at radius 2 is 2.14 bits per heavy atom. The van der Waals surface area contributed by atoms with E-state index in [2.05, 4.69) is 26.7 Å². The van der Waals surface area contributed by atoms with Crippen LogP contribution in [-0.4, -0.2) is 82.7 Å². The van der Waals surface area contributed by atoms with Gasteiger partial charge in [0.2, 0.25) is 0 Å². The topological polar surface area (TPSA) is 105 Å². The van der Waals surface area contributed by atoms with Crippen molar-refractivity contribution in [1.82, 2.24) is 28.7 Å². The lowest BCUT2D eigenvalue weighted by Crippen LogP contribution is -2.53. The minimum Gasteiger partial charge on any atom is -0.372 e. The van der Waals surface area contributed by atoms with Gasteiger partial charge in [-0.3, -0.25) is 4.99 Å². The average molecular weight is 526 g/mol. The molecule has 0 saturated carbocycles. The maximum atomic E-state index is 13.3. The smallest absolute Gasteiger partial charge is 0.333 e. The Morgan fingerprint density at radius 3 is 2.86 bits per heavy atom. The van der Waals surface area contributed by atoms with Crippen LogP contribution in [0.15, 0.2) is 34.5 Å². The van der Waals surface area contributed by atoms with Crippen molar-refractivity contribution in [2.24, 2.45) is 10.9 Å². The summed E-state index contributed by atoms with van der Waals surface area (Å²) in [5, 5.41) is 6.60. The Balaban J connectivity index is 1.27. The van der Waals surface area contributed by atoms with Gasteiger partial charge in [0.05, 0.1) is 24.4 Å². The summed E-state index contributed by atoms with van der Waals surface area (Å²) in [6.45, 7) is 0.654. The quantitative estimate of drug-likeness (QED) is 0.618. The van der Waals surface area contributed by atoms with Crippen LogP contribution in [0.2, 0.25) is 0 Å². The largest absolute Gasteiger partial charge is 0.372 e. The van der Waals surface area contributed by atoms with E-state index in [4.69, 9.17) is 4.74 Å². The van der Waals surface area contributed by atoms with E-state index in [1.807, 2.05) is 10.3 Å². The van der Waals surface area contributed by atoms with Crippen molar-refractivity contribution < 1.29 is 21.9 Å². The Hall–Kier alpha value is -2.26. The zero-order valence-corrected chi connectivity index (χ0v) is 20.6. The highest BCUT2D eigenvalue weighted by molar-refractivity contribution is 7.87. The summed E-state index contributed by atoms with van der Waals surface area (Å²) in [5.74, 6) is 0.991. The lowest BCUT2D eigenvalue weighted by Gasteiger charge is -2.32. The molecule has 188 valence electrons. The number of aliphatic imine (C=N–C) groups is 1. The lowest BCUT2D eigenvalue weighted by molar-refractivity contribution is -0.0194. The summed E-state index contributed by atoms with van der Waals surface area (Å²) in [7, 11) is -3.74. The van der Waals surface area contributed by atoms with Crippen LogP contribution >= 0.6 is 11.3 Å². The van der Waals surface area contributed by atoms with Gasteiger partial charge in [-0.05, 0) is 18.4 Å². The monoisotopic (exact) mass is 525 g/mol. The summed E-state index contributed by atoms with van der Waals surface area (Å²) in [5.41, 5.74) is 1.95. The van der Waals surface area contributed by atoms with E-state index in [-0.39, 0.29) is 18.8 Å². The van der Waals surface area contributed by atoms with Crippen molar-refractivity contribution in [3.05, 3.63) is 40.2 Å². The molecule has 4 atom stereocenters. The summed E-state index contributed by atoms with van der Waals surface area (Å²) in [6.07, 6.45) is 4.04. The number of ether oxygens (including phenoxy) is 1. The second-order valence-electron chi connectivity index (χ2n) is 9.32. The molecule has 3 saturated heterocycles. The van der Waals surface area contributed by atoms with Gasteiger partial charge >= 0.3 is 6.55 Å². The van der Waals surface area contributed by atoms with E-state index in [1.165, 1.54) is 21.8 Å². The normalized spacial score (nSPS) is 29.3. The molecule has 0 aromatic carbocycles. The Bertz CT molecular complexity index is 1280. The van der Waals surface area contributed by atoms with Crippen LogP contribution in [0.4, 0.5) is 8.78 Å². The number of nitrogens with zero attached hydrogens (tertiary/aromatic N) is 6. The molecule has 35 heavy (non-hydrogen) atoms.